The summed E-state index contributed by atoms with van der Waals surface area (Å²) in [6.45, 7) is 8.66. The summed E-state index contributed by atoms with van der Waals surface area (Å²) in [5.41, 5.74) is 11.1. The van der Waals surface area contributed by atoms with Gasteiger partial charge in [0.05, 0.1) is 11.4 Å². The third kappa shape index (κ3) is 3.05. The summed E-state index contributed by atoms with van der Waals surface area (Å²) in [6, 6.07) is 23.6. The Hall–Kier alpha value is -3.13. The molecule has 28 heavy (non-hydrogen) atoms. The number of aromatic nitrogens is 2. The van der Waals surface area contributed by atoms with Gasteiger partial charge in [-0.15, -0.1) is 0 Å². The van der Waals surface area contributed by atoms with Crippen LogP contribution in [0.1, 0.15) is 22.4 Å². The van der Waals surface area contributed by atoms with Gasteiger partial charge in [-0.2, -0.15) is 0 Å². The van der Waals surface area contributed by atoms with Crippen LogP contribution in [0.15, 0.2) is 66.7 Å². The maximum atomic E-state index is 4.94. The van der Waals surface area contributed by atoms with Gasteiger partial charge in [0.15, 0.2) is 0 Å². The first kappa shape index (κ1) is 18.2. The normalized spacial score (nSPS) is 11.0. The molecule has 0 saturated carbocycles. The first-order valence-corrected chi connectivity index (χ1v) is 9.73. The second kappa shape index (κ2) is 7.12. The minimum absolute atomic E-state index is 1.02. The van der Waals surface area contributed by atoms with Gasteiger partial charge in [-0.25, -0.2) is 4.98 Å². The van der Waals surface area contributed by atoms with E-state index in [1.165, 1.54) is 44.6 Å². The lowest BCUT2D eigenvalue weighted by Gasteiger charge is -2.15. The molecule has 2 nitrogen and oxygen atoms in total. The lowest BCUT2D eigenvalue weighted by molar-refractivity contribution is 0.928. The lowest BCUT2D eigenvalue weighted by atomic mass is 9.93. The summed E-state index contributed by atoms with van der Waals surface area (Å²) < 4.78 is 2.25. The second-order valence-electron chi connectivity index (χ2n) is 7.59. The lowest BCUT2D eigenvalue weighted by Crippen LogP contribution is -2.00. The highest BCUT2D eigenvalue weighted by Gasteiger charge is 2.19. The molecule has 0 atom stereocenters. The molecule has 140 valence electrons. The van der Waals surface area contributed by atoms with Gasteiger partial charge in [-0.05, 0) is 55.5 Å². The standard InChI is InChI=1S/C26H26N2/c1-17-11-9-10-14-23(17)26-27-20(4)25(28(26)5)24-18(2)15-22(16-19(24)3)21-12-7-6-8-13-21/h6-16H,1-5H3. The zero-order chi connectivity index (χ0) is 19.8. The highest BCUT2D eigenvalue weighted by Crippen LogP contribution is 2.36. The Morgan fingerprint density at radius 3 is 1.93 bits per heavy atom. The Kier molecular flexibility index (Phi) is 4.64. The molecule has 0 unspecified atom stereocenters. The molecule has 0 aliphatic rings. The molecule has 0 radical (unpaired) electrons. The number of hydrogen-bond acceptors (Lipinski definition) is 1. The summed E-state index contributed by atoms with van der Waals surface area (Å²) in [7, 11) is 2.13. The van der Waals surface area contributed by atoms with Gasteiger partial charge < -0.3 is 4.57 Å². The van der Waals surface area contributed by atoms with E-state index < -0.39 is 0 Å². The number of nitrogens with zero attached hydrogens (tertiary/aromatic N) is 2. The Balaban J connectivity index is 1.88. The van der Waals surface area contributed by atoms with Crippen LogP contribution in [0.4, 0.5) is 0 Å². The van der Waals surface area contributed by atoms with E-state index in [0.29, 0.717) is 0 Å². The number of aryl methyl sites for hydroxylation is 4. The van der Waals surface area contributed by atoms with Crippen LogP contribution in [-0.2, 0) is 7.05 Å². The van der Waals surface area contributed by atoms with Gasteiger partial charge in [0.2, 0.25) is 0 Å². The smallest absolute Gasteiger partial charge is 0.140 e. The van der Waals surface area contributed by atoms with Crippen LogP contribution in [0.3, 0.4) is 0 Å². The van der Waals surface area contributed by atoms with Crippen molar-refractivity contribution in [2.75, 3.05) is 0 Å². The van der Waals surface area contributed by atoms with Crippen molar-refractivity contribution in [1.82, 2.24) is 9.55 Å². The topological polar surface area (TPSA) is 17.8 Å². The molecular formula is C26H26N2. The zero-order valence-corrected chi connectivity index (χ0v) is 17.2. The Bertz CT molecular complexity index is 1130. The van der Waals surface area contributed by atoms with Crippen molar-refractivity contribution in [2.45, 2.75) is 27.7 Å². The molecule has 4 rings (SSSR count). The first-order valence-electron chi connectivity index (χ1n) is 9.73. The Labute approximate surface area is 167 Å². The van der Waals surface area contributed by atoms with Crippen molar-refractivity contribution in [3.8, 4) is 33.8 Å². The van der Waals surface area contributed by atoms with Gasteiger partial charge in [0, 0.05) is 18.2 Å². The number of benzene rings is 3. The van der Waals surface area contributed by atoms with Crippen molar-refractivity contribution < 1.29 is 0 Å². The summed E-state index contributed by atoms with van der Waals surface area (Å²) in [5, 5.41) is 0. The summed E-state index contributed by atoms with van der Waals surface area (Å²) in [6.07, 6.45) is 0. The molecule has 1 heterocycles. The highest BCUT2D eigenvalue weighted by atomic mass is 15.1. The van der Waals surface area contributed by atoms with Crippen molar-refractivity contribution in [2.24, 2.45) is 7.05 Å². The Morgan fingerprint density at radius 2 is 1.29 bits per heavy atom. The molecule has 3 aromatic carbocycles. The SMILES string of the molecule is Cc1ccccc1-c1nc(C)c(-c2c(C)cc(-c3ccccc3)cc2C)n1C. The van der Waals surface area contributed by atoms with E-state index >= 15 is 0 Å². The van der Waals surface area contributed by atoms with Crippen molar-refractivity contribution in [3.63, 3.8) is 0 Å². The maximum Gasteiger partial charge on any atom is 0.140 e. The van der Waals surface area contributed by atoms with Crippen molar-refractivity contribution >= 4 is 0 Å². The van der Waals surface area contributed by atoms with Crippen LogP contribution in [0.5, 0.6) is 0 Å². The second-order valence-corrected chi connectivity index (χ2v) is 7.59. The molecule has 0 bridgehead atoms. The minimum Gasteiger partial charge on any atom is -0.327 e. The van der Waals surface area contributed by atoms with Crippen LogP contribution < -0.4 is 0 Å². The quantitative estimate of drug-likeness (QED) is 0.397. The van der Waals surface area contributed by atoms with Gasteiger partial charge >= 0.3 is 0 Å². The highest BCUT2D eigenvalue weighted by molar-refractivity contribution is 5.78. The summed E-state index contributed by atoms with van der Waals surface area (Å²) in [5.74, 6) is 1.02. The molecule has 2 heteroatoms. The molecule has 0 aliphatic heterocycles. The van der Waals surface area contributed by atoms with E-state index in [0.717, 1.165) is 11.5 Å². The summed E-state index contributed by atoms with van der Waals surface area (Å²) >= 11 is 0. The van der Waals surface area contributed by atoms with E-state index in [4.69, 9.17) is 4.98 Å². The van der Waals surface area contributed by atoms with E-state index in [2.05, 4.69) is 106 Å². The largest absolute Gasteiger partial charge is 0.327 e. The predicted molar refractivity (Wildman–Crippen MR) is 118 cm³/mol. The molecule has 1 aromatic heterocycles. The van der Waals surface area contributed by atoms with Crippen LogP contribution in [0.2, 0.25) is 0 Å². The third-order valence-electron chi connectivity index (χ3n) is 5.53. The average Bonchev–Trinajstić information content (AvgIpc) is 2.97. The van der Waals surface area contributed by atoms with Gasteiger partial charge in [0.1, 0.15) is 5.82 Å². The maximum absolute atomic E-state index is 4.94. The fourth-order valence-electron chi connectivity index (χ4n) is 4.18. The molecular weight excluding hydrogens is 340 g/mol. The minimum atomic E-state index is 1.02. The summed E-state index contributed by atoms with van der Waals surface area (Å²) in [4.78, 5) is 4.94. The van der Waals surface area contributed by atoms with Crippen LogP contribution in [0.25, 0.3) is 33.8 Å². The molecule has 0 aliphatic carbocycles. The zero-order valence-electron chi connectivity index (χ0n) is 17.2. The van der Waals surface area contributed by atoms with Gasteiger partial charge in [0.25, 0.3) is 0 Å². The van der Waals surface area contributed by atoms with Gasteiger partial charge in [-0.1, -0.05) is 66.7 Å². The molecule has 0 N–H and O–H groups in total. The van der Waals surface area contributed by atoms with E-state index in [1.807, 2.05) is 0 Å². The fourth-order valence-corrected chi connectivity index (χ4v) is 4.18. The van der Waals surface area contributed by atoms with Crippen LogP contribution in [-0.4, -0.2) is 9.55 Å². The molecule has 0 amide bonds. The van der Waals surface area contributed by atoms with Crippen molar-refractivity contribution in [1.29, 1.82) is 0 Å². The van der Waals surface area contributed by atoms with E-state index in [9.17, 15) is 0 Å². The first-order chi connectivity index (χ1) is 13.5. The molecule has 4 aromatic rings. The molecule has 0 spiro atoms. The average molecular weight is 367 g/mol. The number of imidazole rings is 1. The Morgan fingerprint density at radius 1 is 0.679 bits per heavy atom. The fraction of sp³-hybridized carbons (Fsp3) is 0.192. The van der Waals surface area contributed by atoms with E-state index in [-0.39, 0.29) is 0 Å². The molecule has 0 saturated heterocycles. The van der Waals surface area contributed by atoms with Crippen LogP contribution >= 0.6 is 0 Å². The van der Waals surface area contributed by atoms with Crippen LogP contribution in [0, 0.1) is 27.7 Å². The third-order valence-corrected chi connectivity index (χ3v) is 5.53. The monoisotopic (exact) mass is 366 g/mol. The number of rotatable bonds is 3. The van der Waals surface area contributed by atoms with Gasteiger partial charge in [-0.3, -0.25) is 0 Å². The van der Waals surface area contributed by atoms with Crippen molar-refractivity contribution in [3.05, 3.63) is 89.1 Å². The predicted octanol–water partition coefficient (Wildman–Crippen LogP) is 6.65. The number of hydrogen-bond donors (Lipinski definition) is 0. The van der Waals surface area contributed by atoms with E-state index in [1.54, 1.807) is 0 Å². The molecule has 0 fully saturated rings.